The molecule has 28 heavy (non-hydrogen) atoms. The Morgan fingerprint density at radius 2 is 2.00 bits per heavy atom. The Balaban J connectivity index is 1.56. The number of ether oxygens (including phenoxy) is 1. The highest BCUT2D eigenvalue weighted by atomic mass is 16.5. The van der Waals surface area contributed by atoms with Crippen LogP contribution in [0.4, 0.5) is 0 Å². The first-order chi connectivity index (χ1) is 13.3. The second-order valence-corrected chi connectivity index (χ2v) is 10.1. The standard InChI is InChI=1S/C25H34O3/c1-16(5-10-23(27)28-4)20-8-9-21-19-7-6-17-15-18(26)11-13-24(17,2)22(19)12-14-25(20,21)3/h5,10-11,13,15-16,19-22H,6-9,12,14H2,1-4H3/b10-5+/t16-,19+,20-,21+,22+,24+,25-/m1/s1. The lowest BCUT2D eigenvalue weighted by atomic mass is 9.47. The molecule has 4 aliphatic rings. The van der Waals surface area contributed by atoms with Crippen LogP contribution >= 0.6 is 0 Å². The number of ketones is 1. The zero-order valence-electron chi connectivity index (χ0n) is 17.7. The van der Waals surface area contributed by atoms with Gasteiger partial charge < -0.3 is 4.74 Å². The summed E-state index contributed by atoms with van der Waals surface area (Å²) in [5.74, 6) is 3.11. The van der Waals surface area contributed by atoms with Crippen LogP contribution in [-0.2, 0) is 14.3 Å². The summed E-state index contributed by atoms with van der Waals surface area (Å²) in [6.07, 6.45) is 17.0. The van der Waals surface area contributed by atoms with E-state index in [1.54, 1.807) is 12.2 Å². The monoisotopic (exact) mass is 382 g/mol. The minimum atomic E-state index is -0.256. The van der Waals surface area contributed by atoms with Crippen molar-refractivity contribution in [2.24, 2.45) is 40.4 Å². The topological polar surface area (TPSA) is 43.4 Å². The molecule has 3 nitrogen and oxygen atoms in total. The van der Waals surface area contributed by atoms with E-state index in [0.717, 1.165) is 18.3 Å². The molecule has 0 heterocycles. The van der Waals surface area contributed by atoms with Gasteiger partial charge in [-0.25, -0.2) is 4.79 Å². The van der Waals surface area contributed by atoms with E-state index in [2.05, 4.69) is 32.9 Å². The van der Waals surface area contributed by atoms with Gasteiger partial charge in [-0.2, -0.15) is 0 Å². The Bertz CT molecular complexity index is 760. The summed E-state index contributed by atoms with van der Waals surface area (Å²) in [7, 11) is 1.44. The average molecular weight is 383 g/mol. The molecule has 3 heteroatoms. The van der Waals surface area contributed by atoms with Crippen molar-refractivity contribution in [1.82, 2.24) is 0 Å². The largest absolute Gasteiger partial charge is 0.466 e. The molecule has 0 bridgehead atoms. The van der Waals surface area contributed by atoms with Crippen molar-refractivity contribution in [3.05, 3.63) is 36.0 Å². The highest BCUT2D eigenvalue weighted by Gasteiger charge is 2.58. The Hall–Kier alpha value is -1.64. The number of rotatable bonds is 3. The van der Waals surface area contributed by atoms with Gasteiger partial charge in [0.05, 0.1) is 7.11 Å². The Labute approximate surface area is 169 Å². The SMILES string of the molecule is COC(=O)/C=C/[C@@H](C)[C@H]1CC[C@H]2[C@@H]3CCC4=CC(=O)C=C[C@]4(C)[C@H]3CC[C@]12C. The van der Waals surface area contributed by atoms with Gasteiger partial charge in [-0.1, -0.05) is 38.5 Å². The molecule has 0 aromatic rings. The maximum absolute atomic E-state index is 11.9. The Morgan fingerprint density at radius 1 is 1.21 bits per heavy atom. The number of carbonyl (C=O) groups is 2. The molecule has 4 aliphatic carbocycles. The first-order valence-electron chi connectivity index (χ1n) is 11.0. The van der Waals surface area contributed by atoms with Crippen LogP contribution in [0.15, 0.2) is 36.0 Å². The molecule has 0 aromatic carbocycles. The number of carbonyl (C=O) groups excluding carboxylic acids is 2. The number of methoxy groups -OCH3 is 1. The van der Waals surface area contributed by atoms with Crippen LogP contribution in [0.25, 0.3) is 0 Å². The Kier molecular flexibility index (Phi) is 4.92. The molecule has 3 fully saturated rings. The van der Waals surface area contributed by atoms with Crippen LogP contribution in [-0.4, -0.2) is 18.9 Å². The molecular weight excluding hydrogens is 348 g/mol. The predicted molar refractivity (Wildman–Crippen MR) is 110 cm³/mol. The second kappa shape index (κ2) is 7.00. The van der Waals surface area contributed by atoms with E-state index in [1.807, 2.05) is 6.08 Å². The lowest BCUT2D eigenvalue weighted by Gasteiger charge is -2.57. The third kappa shape index (κ3) is 2.93. The molecule has 152 valence electrons. The summed E-state index contributed by atoms with van der Waals surface area (Å²) >= 11 is 0. The van der Waals surface area contributed by atoms with Gasteiger partial charge in [0, 0.05) is 11.5 Å². The van der Waals surface area contributed by atoms with Crippen LogP contribution in [0.2, 0.25) is 0 Å². The average Bonchev–Trinajstić information content (AvgIpc) is 3.03. The molecule has 0 aliphatic heterocycles. The first kappa shape index (κ1) is 19.7. The first-order valence-corrected chi connectivity index (χ1v) is 11.0. The molecule has 0 radical (unpaired) electrons. The summed E-state index contributed by atoms with van der Waals surface area (Å²) in [5, 5.41) is 0. The number of esters is 1. The second-order valence-electron chi connectivity index (χ2n) is 10.1. The summed E-state index contributed by atoms with van der Waals surface area (Å²) in [6.45, 7) is 7.15. The fourth-order valence-electron chi connectivity index (χ4n) is 7.53. The number of allylic oxidation sites excluding steroid dienone is 5. The highest BCUT2D eigenvalue weighted by molar-refractivity contribution is 6.01. The van der Waals surface area contributed by atoms with E-state index in [9.17, 15) is 9.59 Å². The van der Waals surface area contributed by atoms with Gasteiger partial charge in [0.2, 0.25) is 0 Å². The maximum Gasteiger partial charge on any atom is 0.330 e. The van der Waals surface area contributed by atoms with Gasteiger partial charge in [-0.3, -0.25) is 4.79 Å². The number of hydrogen-bond acceptors (Lipinski definition) is 3. The summed E-state index contributed by atoms with van der Waals surface area (Å²) in [6, 6.07) is 0. The van der Waals surface area contributed by atoms with Gasteiger partial charge in [-0.15, -0.1) is 0 Å². The molecule has 0 saturated heterocycles. The smallest absolute Gasteiger partial charge is 0.330 e. The molecule has 0 amide bonds. The van der Waals surface area contributed by atoms with E-state index in [4.69, 9.17) is 4.74 Å². The van der Waals surface area contributed by atoms with E-state index in [1.165, 1.54) is 44.8 Å². The van der Waals surface area contributed by atoms with Crippen molar-refractivity contribution in [1.29, 1.82) is 0 Å². The Morgan fingerprint density at radius 3 is 2.75 bits per heavy atom. The predicted octanol–water partition coefficient (Wildman–Crippen LogP) is 5.28. The van der Waals surface area contributed by atoms with Crippen LogP contribution in [0, 0.1) is 40.4 Å². The summed E-state index contributed by atoms with van der Waals surface area (Å²) < 4.78 is 4.77. The third-order valence-electron chi connectivity index (χ3n) is 9.00. The molecule has 0 spiro atoms. The molecule has 0 unspecified atom stereocenters. The fourth-order valence-corrected chi connectivity index (χ4v) is 7.53. The quantitative estimate of drug-likeness (QED) is 0.493. The van der Waals surface area contributed by atoms with Crippen molar-refractivity contribution in [3.8, 4) is 0 Å². The molecule has 0 aromatic heterocycles. The van der Waals surface area contributed by atoms with Crippen LogP contribution in [0.3, 0.4) is 0 Å². The van der Waals surface area contributed by atoms with E-state index < -0.39 is 0 Å². The molecule has 4 rings (SSSR count). The molecule has 7 atom stereocenters. The summed E-state index contributed by atoms with van der Waals surface area (Å²) in [5.41, 5.74) is 1.80. The zero-order chi connectivity index (χ0) is 20.1. The van der Waals surface area contributed by atoms with Gasteiger partial charge >= 0.3 is 5.97 Å². The lowest BCUT2D eigenvalue weighted by molar-refractivity contribution is -0.134. The van der Waals surface area contributed by atoms with Crippen LogP contribution < -0.4 is 0 Å². The van der Waals surface area contributed by atoms with Crippen molar-refractivity contribution in [3.63, 3.8) is 0 Å². The molecular formula is C25H34O3. The molecule has 3 saturated carbocycles. The van der Waals surface area contributed by atoms with Crippen molar-refractivity contribution >= 4 is 11.8 Å². The van der Waals surface area contributed by atoms with Crippen molar-refractivity contribution in [2.75, 3.05) is 7.11 Å². The van der Waals surface area contributed by atoms with Crippen molar-refractivity contribution < 1.29 is 14.3 Å². The zero-order valence-corrected chi connectivity index (χ0v) is 17.7. The minimum Gasteiger partial charge on any atom is -0.466 e. The molecule has 0 N–H and O–H groups in total. The fraction of sp³-hybridized carbons (Fsp3) is 0.680. The van der Waals surface area contributed by atoms with Gasteiger partial charge in [-0.05, 0) is 85.7 Å². The maximum atomic E-state index is 11.9. The highest BCUT2D eigenvalue weighted by Crippen LogP contribution is 2.66. The summed E-state index contributed by atoms with van der Waals surface area (Å²) in [4.78, 5) is 23.4. The van der Waals surface area contributed by atoms with Crippen LogP contribution in [0.1, 0.15) is 59.3 Å². The van der Waals surface area contributed by atoms with Crippen LogP contribution in [0.5, 0.6) is 0 Å². The minimum absolute atomic E-state index is 0.0760. The lowest BCUT2D eigenvalue weighted by Crippen LogP contribution is -2.50. The van der Waals surface area contributed by atoms with Gasteiger partial charge in [0.25, 0.3) is 0 Å². The number of hydrogen-bond donors (Lipinski definition) is 0. The van der Waals surface area contributed by atoms with Crippen molar-refractivity contribution in [2.45, 2.75) is 59.3 Å². The number of fused-ring (bicyclic) bond motifs is 5. The third-order valence-corrected chi connectivity index (χ3v) is 9.00. The van der Waals surface area contributed by atoms with E-state index in [-0.39, 0.29) is 17.2 Å². The van der Waals surface area contributed by atoms with Gasteiger partial charge in [0.15, 0.2) is 5.78 Å². The van der Waals surface area contributed by atoms with E-state index >= 15 is 0 Å². The normalized spacial score (nSPS) is 43.1. The van der Waals surface area contributed by atoms with Gasteiger partial charge in [0.1, 0.15) is 0 Å². The van der Waals surface area contributed by atoms with E-state index in [0.29, 0.717) is 23.2 Å².